The number of sulfonamides is 1. The van der Waals surface area contributed by atoms with Gasteiger partial charge in [-0.3, -0.25) is 4.90 Å². The fourth-order valence-corrected chi connectivity index (χ4v) is 7.83. The van der Waals surface area contributed by atoms with Crippen molar-refractivity contribution in [3.8, 4) is 11.1 Å². The van der Waals surface area contributed by atoms with Gasteiger partial charge in [0.25, 0.3) is 0 Å². The molecule has 11 heteroatoms. The smallest absolute Gasteiger partial charge is 0.240 e. The highest BCUT2D eigenvalue weighted by Gasteiger charge is 2.39. The summed E-state index contributed by atoms with van der Waals surface area (Å²) in [4.78, 5) is 13.8. The van der Waals surface area contributed by atoms with Gasteiger partial charge in [0.05, 0.1) is 23.7 Å². The van der Waals surface area contributed by atoms with Crippen LogP contribution in [0.5, 0.6) is 0 Å². The average molecular weight is 706 g/mol. The normalized spacial score (nSPS) is 21.4. The van der Waals surface area contributed by atoms with E-state index in [-0.39, 0.29) is 36.2 Å². The predicted octanol–water partition coefficient (Wildman–Crippen LogP) is 5.73. The topological polar surface area (TPSA) is 117 Å². The Labute approximate surface area is 299 Å². The number of hydrogen-bond acceptors (Lipinski definition) is 9. The number of aliphatic hydroxyl groups is 1. The zero-order chi connectivity index (χ0) is 35.2. The molecule has 7 rings (SSSR count). The molecule has 264 valence electrons. The molecule has 0 spiro atoms. The van der Waals surface area contributed by atoms with Gasteiger partial charge in [0.2, 0.25) is 16.0 Å². The Morgan fingerprint density at radius 2 is 1.45 bits per heavy atom. The summed E-state index contributed by atoms with van der Waals surface area (Å²) in [6.07, 6.45) is 2.67. The molecule has 10 nitrogen and oxygen atoms in total. The molecule has 51 heavy (non-hydrogen) atoms. The number of ether oxygens (including phenoxy) is 2. The van der Waals surface area contributed by atoms with E-state index in [9.17, 15) is 13.5 Å². The fourth-order valence-electron chi connectivity index (χ4n) is 6.80. The Morgan fingerprint density at radius 1 is 0.784 bits per heavy atom. The largest absolute Gasteiger partial charge is 0.392 e. The van der Waals surface area contributed by atoms with Crippen LogP contribution < -0.4 is 9.62 Å². The van der Waals surface area contributed by atoms with Crippen molar-refractivity contribution in [3.05, 3.63) is 144 Å². The van der Waals surface area contributed by atoms with Crippen molar-refractivity contribution >= 4 is 16.0 Å². The molecule has 0 saturated carbocycles. The number of nitrogens with zero attached hydrogens (tertiary/aromatic N) is 4. The van der Waals surface area contributed by atoms with Gasteiger partial charge < -0.3 is 19.5 Å². The highest BCUT2D eigenvalue weighted by atomic mass is 32.2. The summed E-state index contributed by atoms with van der Waals surface area (Å²) in [6, 6.07) is 34.1. The fraction of sp³-hybridized carbons (Fsp3) is 0.300. The van der Waals surface area contributed by atoms with Crippen LogP contribution in [0.15, 0.2) is 126 Å². The van der Waals surface area contributed by atoms with Gasteiger partial charge in [-0.1, -0.05) is 97.9 Å². The van der Waals surface area contributed by atoms with E-state index in [0.717, 1.165) is 72.1 Å². The molecule has 0 radical (unpaired) electrons. The molecule has 5 aromatic rings. The summed E-state index contributed by atoms with van der Waals surface area (Å²) in [5.74, 6) is 0.835. The Kier molecular flexibility index (Phi) is 10.8. The number of anilines is 1. The molecule has 4 aromatic carbocycles. The number of piperazine rings is 1. The summed E-state index contributed by atoms with van der Waals surface area (Å²) in [7, 11) is -3.65. The summed E-state index contributed by atoms with van der Waals surface area (Å²) in [5, 5.41) is 9.63. The van der Waals surface area contributed by atoms with Crippen molar-refractivity contribution in [1.29, 1.82) is 0 Å². The maximum atomic E-state index is 12.9. The minimum Gasteiger partial charge on any atom is -0.392 e. The number of rotatable bonds is 11. The Balaban J connectivity index is 1.08. The first-order chi connectivity index (χ1) is 24.9. The molecule has 3 heterocycles. The monoisotopic (exact) mass is 705 g/mol. The second-order valence-corrected chi connectivity index (χ2v) is 14.8. The van der Waals surface area contributed by atoms with Crippen LogP contribution in [0.3, 0.4) is 0 Å². The number of hydrogen-bond donors (Lipinski definition) is 2. The van der Waals surface area contributed by atoms with Gasteiger partial charge in [-0.25, -0.2) is 23.1 Å². The van der Waals surface area contributed by atoms with Crippen LogP contribution in [0.4, 0.5) is 5.95 Å². The summed E-state index contributed by atoms with van der Waals surface area (Å²) >= 11 is 0. The quantitative estimate of drug-likeness (QED) is 0.178. The minimum atomic E-state index is -3.65. The van der Waals surface area contributed by atoms with Crippen molar-refractivity contribution in [1.82, 2.24) is 19.6 Å². The first-order valence-electron chi connectivity index (χ1n) is 17.4. The van der Waals surface area contributed by atoms with Gasteiger partial charge >= 0.3 is 0 Å². The van der Waals surface area contributed by atoms with E-state index in [1.807, 2.05) is 78.9 Å². The molecule has 1 aromatic heterocycles. The summed E-state index contributed by atoms with van der Waals surface area (Å²) < 4.78 is 42.1. The second-order valence-electron chi connectivity index (χ2n) is 13.1. The van der Waals surface area contributed by atoms with E-state index in [1.54, 1.807) is 42.7 Å². The molecule has 2 aliphatic heterocycles. The first-order valence-corrected chi connectivity index (χ1v) is 18.8. The van der Waals surface area contributed by atoms with Crippen LogP contribution in [0.1, 0.15) is 41.6 Å². The molecule has 0 amide bonds. The molecule has 2 aliphatic rings. The zero-order valence-corrected chi connectivity index (χ0v) is 29.4. The number of aromatic nitrogens is 2. The zero-order valence-electron chi connectivity index (χ0n) is 28.6. The van der Waals surface area contributed by atoms with E-state index in [0.29, 0.717) is 0 Å². The van der Waals surface area contributed by atoms with Gasteiger partial charge in [0.1, 0.15) is 0 Å². The van der Waals surface area contributed by atoms with Crippen molar-refractivity contribution in [3.63, 3.8) is 0 Å². The highest BCUT2D eigenvalue weighted by Crippen LogP contribution is 2.42. The van der Waals surface area contributed by atoms with E-state index in [2.05, 4.69) is 31.4 Å². The number of benzene rings is 4. The third-order valence-electron chi connectivity index (χ3n) is 9.79. The van der Waals surface area contributed by atoms with Crippen LogP contribution in [0.25, 0.3) is 11.1 Å². The average Bonchev–Trinajstić information content (AvgIpc) is 3.19. The van der Waals surface area contributed by atoms with Gasteiger partial charge in [-0.2, -0.15) is 0 Å². The summed E-state index contributed by atoms with van der Waals surface area (Å²) in [5.41, 5.74) is 5.59. The summed E-state index contributed by atoms with van der Waals surface area (Å²) in [6.45, 7) is 6.54. The van der Waals surface area contributed by atoms with Crippen LogP contribution in [-0.4, -0.2) is 67.2 Å². The third-order valence-corrected chi connectivity index (χ3v) is 11.2. The molecule has 4 atom stereocenters. The van der Waals surface area contributed by atoms with Crippen LogP contribution >= 0.6 is 0 Å². The lowest BCUT2D eigenvalue weighted by atomic mass is 9.89. The predicted molar refractivity (Wildman–Crippen MR) is 196 cm³/mol. The molecule has 2 saturated heterocycles. The lowest BCUT2D eigenvalue weighted by molar-refractivity contribution is -0.276. The van der Waals surface area contributed by atoms with Crippen molar-refractivity contribution in [2.45, 2.75) is 43.5 Å². The van der Waals surface area contributed by atoms with Crippen LogP contribution in [-0.2, 0) is 32.6 Å². The molecular weight excluding hydrogens is 663 g/mol. The van der Waals surface area contributed by atoms with Gasteiger partial charge in [-0.05, 0) is 46.0 Å². The van der Waals surface area contributed by atoms with E-state index < -0.39 is 16.3 Å². The Hall–Kier alpha value is -4.49. The minimum absolute atomic E-state index is 0.00983. The Bertz CT molecular complexity index is 1970. The number of aliphatic hydroxyl groups excluding tert-OH is 1. The molecule has 0 unspecified atom stereocenters. The standard InChI is InChI=1S/C40H43N5O5S/c1-29-37(27-44-22-24-45(25-23-44)40-41-20-7-21-42-40)49-39(50-38(29)32-14-12-30(28-46)13-15-32)33-18-16-31(17-19-33)36-11-6-5-8-34(36)26-43-51(47,48)35-9-3-2-4-10-35/h2-21,29,37-39,43,46H,22-28H2,1H3/t29-,37+,38+,39+/m1/s1. The lowest BCUT2D eigenvalue weighted by Crippen LogP contribution is -2.51. The highest BCUT2D eigenvalue weighted by molar-refractivity contribution is 7.89. The lowest BCUT2D eigenvalue weighted by Gasteiger charge is -2.44. The first kappa shape index (κ1) is 34.9. The third kappa shape index (κ3) is 8.20. The van der Waals surface area contributed by atoms with E-state index in [4.69, 9.17) is 9.47 Å². The number of nitrogens with one attached hydrogen (secondary N) is 1. The maximum Gasteiger partial charge on any atom is 0.240 e. The van der Waals surface area contributed by atoms with Crippen LogP contribution in [0.2, 0.25) is 0 Å². The molecular formula is C40H43N5O5S. The van der Waals surface area contributed by atoms with Gasteiger partial charge in [-0.15, -0.1) is 0 Å². The van der Waals surface area contributed by atoms with E-state index >= 15 is 0 Å². The van der Waals surface area contributed by atoms with Crippen molar-refractivity contribution in [2.24, 2.45) is 5.92 Å². The van der Waals surface area contributed by atoms with Gasteiger partial charge in [0, 0.05) is 63.1 Å². The molecule has 0 aliphatic carbocycles. The van der Waals surface area contributed by atoms with E-state index in [1.165, 1.54) is 0 Å². The SMILES string of the molecule is C[C@@H]1[C@H](CN2CCN(c3ncccn3)CC2)O[C@H](c2ccc(-c3ccccc3CNS(=O)(=O)c3ccccc3)cc2)O[C@@H]1c1ccc(CO)cc1. The Morgan fingerprint density at radius 3 is 2.16 bits per heavy atom. The van der Waals surface area contributed by atoms with Crippen LogP contribution in [0, 0.1) is 5.92 Å². The molecule has 2 fully saturated rings. The van der Waals surface area contributed by atoms with Gasteiger partial charge in [0.15, 0.2) is 6.29 Å². The second kappa shape index (κ2) is 15.8. The maximum absolute atomic E-state index is 12.9. The van der Waals surface area contributed by atoms with Crippen molar-refractivity contribution in [2.75, 3.05) is 37.6 Å². The molecule has 0 bridgehead atoms. The molecule has 2 N–H and O–H groups in total. The van der Waals surface area contributed by atoms with Crippen molar-refractivity contribution < 1.29 is 23.0 Å².